The number of esters is 1. The van der Waals surface area contributed by atoms with E-state index in [2.05, 4.69) is 16.9 Å². The molecule has 11 heteroatoms. The molecule has 144 valence electrons. The third-order valence-electron chi connectivity index (χ3n) is 5.32. The van der Waals surface area contributed by atoms with Gasteiger partial charge in [-0.2, -0.15) is 0 Å². The van der Waals surface area contributed by atoms with Gasteiger partial charge in [0, 0.05) is 12.3 Å². The average Bonchev–Trinajstić information content (AvgIpc) is 3.03. The highest BCUT2D eigenvalue weighted by Crippen LogP contribution is 2.48. The number of carbonyl (C=O) groups excluding carboxylic acids is 2. The summed E-state index contributed by atoms with van der Waals surface area (Å²) in [5.74, 6) is -0.280. The second-order valence-corrected chi connectivity index (χ2v) is 6.63. The number of guanidine groups is 1. The third kappa shape index (κ3) is 2.42. The molecule has 11 nitrogen and oxygen atoms in total. The number of hydroxylamine groups is 2. The molecule has 0 radical (unpaired) electrons. The second kappa shape index (κ2) is 6.24. The van der Waals surface area contributed by atoms with Crippen LogP contribution < -0.4 is 16.8 Å². The van der Waals surface area contributed by atoms with Crippen LogP contribution in [0.15, 0.2) is 17.4 Å². The van der Waals surface area contributed by atoms with Crippen LogP contribution in [-0.2, 0) is 14.3 Å². The Morgan fingerprint density at radius 2 is 2.23 bits per heavy atom. The van der Waals surface area contributed by atoms with E-state index in [9.17, 15) is 14.8 Å². The summed E-state index contributed by atoms with van der Waals surface area (Å²) >= 11 is 0. The Balaban J connectivity index is 1.98. The van der Waals surface area contributed by atoms with Crippen molar-refractivity contribution in [3.05, 3.63) is 12.4 Å². The molecule has 0 saturated carbocycles. The lowest BCUT2D eigenvalue weighted by Gasteiger charge is -2.48. The van der Waals surface area contributed by atoms with E-state index in [-0.39, 0.29) is 43.2 Å². The van der Waals surface area contributed by atoms with E-state index < -0.39 is 29.9 Å². The molecular formula is C15H24N6O5. The molecule has 1 spiro atoms. The summed E-state index contributed by atoms with van der Waals surface area (Å²) in [6.45, 7) is 7.53. The normalized spacial score (nSPS) is 35.3. The molecule has 0 bridgehead atoms. The van der Waals surface area contributed by atoms with Crippen LogP contribution in [0.1, 0.15) is 20.3 Å². The van der Waals surface area contributed by atoms with E-state index in [4.69, 9.17) is 20.9 Å². The van der Waals surface area contributed by atoms with Crippen molar-refractivity contribution in [2.24, 2.45) is 22.4 Å². The van der Waals surface area contributed by atoms with Crippen LogP contribution in [0, 0.1) is 5.92 Å². The zero-order valence-electron chi connectivity index (χ0n) is 14.7. The van der Waals surface area contributed by atoms with Crippen molar-refractivity contribution in [2.45, 2.75) is 44.1 Å². The van der Waals surface area contributed by atoms with Gasteiger partial charge in [-0.3, -0.25) is 10.0 Å². The Bertz CT molecular complexity index is 669. The highest BCUT2D eigenvalue weighted by Gasteiger charge is 2.68. The molecule has 0 aromatic carbocycles. The monoisotopic (exact) mass is 368 g/mol. The van der Waals surface area contributed by atoms with Crippen LogP contribution in [0.4, 0.5) is 4.79 Å². The molecule has 6 N–H and O–H groups in total. The summed E-state index contributed by atoms with van der Waals surface area (Å²) < 4.78 is 10.4. The largest absolute Gasteiger partial charge is 0.460 e. The predicted molar refractivity (Wildman–Crippen MR) is 89.4 cm³/mol. The smallest absolute Gasteiger partial charge is 0.404 e. The summed E-state index contributed by atoms with van der Waals surface area (Å²) in [5, 5.41) is 14.9. The SMILES string of the molecule is C=C1NC2[C@H](COC(N)=O)N=C(N)N3CC(OC(=O)CC)C(C)C23N1O. The van der Waals surface area contributed by atoms with Crippen LogP contribution in [0.25, 0.3) is 0 Å². The molecule has 4 unspecified atom stereocenters. The minimum absolute atomic E-state index is 0.115. The molecular weight excluding hydrogens is 344 g/mol. The first kappa shape index (κ1) is 18.1. The summed E-state index contributed by atoms with van der Waals surface area (Å²) in [6, 6.07) is -1.11. The first-order valence-corrected chi connectivity index (χ1v) is 8.40. The fourth-order valence-electron chi connectivity index (χ4n) is 4.12. The van der Waals surface area contributed by atoms with E-state index in [1.54, 1.807) is 11.8 Å². The molecule has 3 rings (SSSR count). The van der Waals surface area contributed by atoms with Gasteiger partial charge >= 0.3 is 12.1 Å². The van der Waals surface area contributed by atoms with Gasteiger partial charge < -0.3 is 31.2 Å². The maximum Gasteiger partial charge on any atom is 0.404 e. The van der Waals surface area contributed by atoms with Crippen LogP contribution >= 0.6 is 0 Å². The van der Waals surface area contributed by atoms with Crippen LogP contribution in [0.2, 0.25) is 0 Å². The van der Waals surface area contributed by atoms with Crippen LogP contribution in [-0.4, -0.2) is 70.2 Å². The average molecular weight is 368 g/mol. The Kier molecular flexibility index (Phi) is 4.34. The Labute approximate surface area is 150 Å². The second-order valence-electron chi connectivity index (χ2n) is 6.63. The van der Waals surface area contributed by atoms with Gasteiger partial charge in [0.25, 0.3) is 0 Å². The number of nitrogens with two attached hydrogens (primary N) is 2. The Morgan fingerprint density at radius 3 is 2.85 bits per heavy atom. The van der Waals surface area contributed by atoms with E-state index in [0.29, 0.717) is 0 Å². The fourth-order valence-corrected chi connectivity index (χ4v) is 4.12. The van der Waals surface area contributed by atoms with Crippen LogP contribution in [0.5, 0.6) is 0 Å². The van der Waals surface area contributed by atoms with Gasteiger partial charge in [-0.15, -0.1) is 0 Å². The highest BCUT2D eigenvalue weighted by atomic mass is 16.6. The number of aliphatic imine (C=N–C) groups is 1. The van der Waals surface area contributed by atoms with E-state index in [0.717, 1.165) is 5.06 Å². The molecule has 26 heavy (non-hydrogen) atoms. The molecule has 2 saturated heterocycles. The molecule has 3 aliphatic rings. The molecule has 0 aromatic heterocycles. The number of carbonyl (C=O) groups is 2. The first-order chi connectivity index (χ1) is 12.2. The van der Waals surface area contributed by atoms with Crippen molar-refractivity contribution in [1.29, 1.82) is 0 Å². The number of hydrogen-bond acceptors (Lipinski definition) is 10. The summed E-state index contributed by atoms with van der Waals surface area (Å²) in [6.07, 6.45) is -1.19. The number of primary amides is 1. The minimum Gasteiger partial charge on any atom is -0.460 e. The third-order valence-corrected chi connectivity index (χ3v) is 5.32. The standard InChI is InChI=1S/C15H24N6O5/c1-4-11(22)26-10-5-20-13(16)19-9(6-25-14(17)23)12-15(20,7(10)2)21(24)8(3)18-12/h7,9-10,12,18,24H,3-6H2,1-2H3,(H2,16,19)(H2,17,23)/t7?,9-,10?,12?,15?/m0/s1. The number of nitrogens with zero attached hydrogens (tertiary/aromatic N) is 3. The Hall–Kier alpha value is -2.69. The van der Waals surface area contributed by atoms with Crippen molar-refractivity contribution >= 4 is 18.0 Å². The van der Waals surface area contributed by atoms with Crippen molar-refractivity contribution in [1.82, 2.24) is 15.3 Å². The molecule has 2 fully saturated rings. The number of hydrogen-bond donors (Lipinski definition) is 4. The van der Waals surface area contributed by atoms with E-state index in [1.807, 2.05) is 6.92 Å². The highest BCUT2D eigenvalue weighted by molar-refractivity contribution is 5.81. The van der Waals surface area contributed by atoms with Gasteiger partial charge in [0.1, 0.15) is 24.6 Å². The van der Waals surface area contributed by atoms with Crippen molar-refractivity contribution in [3.63, 3.8) is 0 Å². The maximum absolute atomic E-state index is 11.8. The van der Waals surface area contributed by atoms with Crippen molar-refractivity contribution < 1.29 is 24.3 Å². The lowest BCUT2D eigenvalue weighted by Crippen LogP contribution is -2.71. The lowest BCUT2D eigenvalue weighted by molar-refractivity contribution is -0.189. The van der Waals surface area contributed by atoms with Crippen LogP contribution in [0.3, 0.4) is 0 Å². The van der Waals surface area contributed by atoms with Gasteiger partial charge in [-0.25, -0.2) is 14.9 Å². The lowest BCUT2D eigenvalue weighted by atomic mass is 9.83. The molecule has 3 aliphatic heterocycles. The summed E-state index contributed by atoms with van der Waals surface area (Å²) in [4.78, 5) is 28.9. The van der Waals surface area contributed by atoms with Gasteiger partial charge in [-0.05, 0) is 0 Å². The quantitative estimate of drug-likeness (QED) is 0.451. The van der Waals surface area contributed by atoms with Crippen molar-refractivity contribution in [3.8, 4) is 0 Å². The molecule has 0 aliphatic carbocycles. The Morgan fingerprint density at radius 1 is 1.54 bits per heavy atom. The van der Waals surface area contributed by atoms with E-state index >= 15 is 0 Å². The molecule has 5 atom stereocenters. The maximum atomic E-state index is 11.8. The number of amides is 1. The number of rotatable bonds is 4. The molecule has 3 heterocycles. The zero-order valence-corrected chi connectivity index (χ0v) is 14.7. The number of ether oxygens (including phenoxy) is 2. The first-order valence-electron chi connectivity index (χ1n) is 8.40. The summed E-state index contributed by atoms with van der Waals surface area (Å²) in [5.41, 5.74) is 10.1. The molecule has 0 aromatic rings. The van der Waals surface area contributed by atoms with Gasteiger partial charge in [0.15, 0.2) is 11.6 Å². The number of nitrogens with one attached hydrogen (secondary N) is 1. The molecule has 1 amide bonds. The van der Waals surface area contributed by atoms with Gasteiger partial charge in [-0.1, -0.05) is 20.4 Å². The fraction of sp³-hybridized carbons (Fsp3) is 0.667. The van der Waals surface area contributed by atoms with Gasteiger partial charge in [0.2, 0.25) is 0 Å². The zero-order chi connectivity index (χ0) is 19.2. The summed E-state index contributed by atoms with van der Waals surface area (Å²) in [7, 11) is 0. The van der Waals surface area contributed by atoms with Crippen molar-refractivity contribution in [2.75, 3.05) is 13.2 Å². The topological polar surface area (TPSA) is 156 Å². The van der Waals surface area contributed by atoms with E-state index in [1.165, 1.54) is 0 Å². The van der Waals surface area contributed by atoms with Gasteiger partial charge in [0.05, 0.1) is 12.6 Å². The predicted octanol–water partition coefficient (Wildman–Crippen LogP) is -1.12. The minimum atomic E-state index is -1.08.